The number of halogens is 5. The number of carbonyl (C=O) groups is 2. The number of benzene rings is 3. The predicted molar refractivity (Wildman–Crippen MR) is 145 cm³/mol. The Morgan fingerprint density at radius 2 is 1.37 bits per heavy atom. The minimum Gasteiger partial charge on any atom is -0.307 e. The number of nitrogens with zero attached hydrogens (tertiary/aromatic N) is 2. The molecule has 3 aromatic carbocycles. The maximum Gasteiger partial charge on any atom is 0.274 e. The van der Waals surface area contributed by atoms with Crippen LogP contribution >= 0.6 is 0 Å². The quantitative estimate of drug-likeness (QED) is 0.109. The van der Waals surface area contributed by atoms with Crippen molar-refractivity contribution in [1.29, 1.82) is 0 Å². The first-order chi connectivity index (χ1) is 20.4. The summed E-state index contributed by atoms with van der Waals surface area (Å²) in [6.07, 6.45) is 5.61. The Labute approximate surface area is 244 Å². The molecule has 230 valence electrons. The van der Waals surface area contributed by atoms with Gasteiger partial charge in [-0.2, -0.15) is 4.31 Å². The number of hydroxylamine groups is 1. The van der Waals surface area contributed by atoms with Gasteiger partial charge in [0.1, 0.15) is 0 Å². The number of amides is 2. The average Bonchev–Trinajstić information content (AvgIpc) is 3.02. The summed E-state index contributed by atoms with van der Waals surface area (Å²) in [5.41, 5.74) is 3.50. The molecule has 0 spiro atoms. The molecule has 0 aliphatic heterocycles. The van der Waals surface area contributed by atoms with Crippen LogP contribution in [0.3, 0.4) is 0 Å². The standard InChI is InChI=1S/C29H28F5N3O5S/c1-36(43(41,42)28-26(33)24(31)23(30)25(32)27(28)34)16-22(38)37(21-13-11-20(12-14-21)29(39)35-40)15-17-7-9-19(10-8-17)18-5-3-2-4-6-18/h7-14,18,40H,2-6,15-16H2,1H3,(H,35,39). The lowest BCUT2D eigenvalue weighted by molar-refractivity contribution is -0.118. The van der Waals surface area contributed by atoms with E-state index in [0.717, 1.165) is 43.2 Å². The molecular formula is C29H28F5N3O5S. The van der Waals surface area contributed by atoms with Crippen LogP contribution in [0.15, 0.2) is 53.4 Å². The highest BCUT2D eigenvalue weighted by atomic mass is 32.2. The normalized spacial score (nSPS) is 14.1. The van der Waals surface area contributed by atoms with Gasteiger partial charge in [0, 0.05) is 18.3 Å². The molecule has 14 heteroatoms. The maximum absolute atomic E-state index is 14.3. The van der Waals surface area contributed by atoms with Crippen molar-refractivity contribution in [2.75, 3.05) is 18.5 Å². The number of likely N-dealkylation sites (N-methyl/N-ethyl adjacent to an activating group) is 1. The first-order valence-electron chi connectivity index (χ1n) is 13.3. The van der Waals surface area contributed by atoms with Gasteiger partial charge >= 0.3 is 0 Å². The Kier molecular flexibility index (Phi) is 9.82. The molecule has 0 atom stereocenters. The topological polar surface area (TPSA) is 107 Å². The van der Waals surface area contributed by atoms with Gasteiger partial charge in [0.15, 0.2) is 28.2 Å². The minimum absolute atomic E-state index is 0.0430. The molecule has 8 nitrogen and oxygen atoms in total. The summed E-state index contributed by atoms with van der Waals surface area (Å²) < 4.78 is 95.7. The summed E-state index contributed by atoms with van der Waals surface area (Å²) in [6.45, 7) is -1.13. The molecular weight excluding hydrogens is 597 g/mol. The van der Waals surface area contributed by atoms with Crippen LogP contribution in [-0.2, 0) is 21.4 Å². The number of hydrogen-bond acceptors (Lipinski definition) is 5. The van der Waals surface area contributed by atoms with Crippen LogP contribution in [0.25, 0.3) is 0 Å². The van der Waals surface area contributed by atoms with Crippen LogP contribution in [0.5, 0.6) is 0 Å². The van der Waals surface area contributed by atoms with Gasteiger partial charge in [-0.05, 0) is 54.2 Å². The Morgan fingerprint density at radius 1 is 0.837 bits per heavy atom. The first-order valence-corrected chi connectivity index (χ1v) is 14.7. The number of carbonyl (C=O) groups excluding carboxylic acids is 2. The van der Waals surface area contributed by atoms with Crippen molar-refractivity contribution in [2.45, 2.75) is 49.5 Å². The van der Waals surface area contributed by atoms with Gasteiger partial charge in [0.05, 0.1) is 13.1 Å². The third-order valence-corrected chi connectivity index (χ3v) is 9.26. The zero-order valence-corrected chi connectivity index (χ0v) is 23.7. The fourth-order valence-corrected chi connectivity index (χ4v) is 6.25. The highest BCUT2D eigenvalue weighted by Gasteiger charge is 2.37. The molecule has 1 aliphatic carbocycles. The molecule has 1 fully saturated rings. The van der Waals surface area contributed by atoms with E-state index < -0.39 is 62.4 Å². The molecule has 0 aromatic heterocycles. The largest absolute Gasteiger partial charge is 0.307 e. The van der Waals surface area contributed by atoms with Gasteiger partial charge in [-0.15, -0.1) is 0 Å². The zero-order chi connectivity index (χ0) is 31.5. The summed E-state index contributed by atoms with van der Waals surface area (Å²) in [7, 11) is -4.62. The molecule has 3 aromatic rings. The number of anilines is 1. The fourth-order valence-electron chi connectivity index (χ4n) is 5.02. The van der Waals surface area contributed by atoms with Crippen molar-refractivity contribution in [3.8, 4) is 0 Å². The second-order valence-corrected chi connectivity index (χ2v) is 12.2. The third-order valence-electron chi connectivity index (χ3n) is 7.44. The second-order valence-electron chi connectivity index (χ2n) is 10.2. The van der Waals surface area contributed by atoms with E-state index >= 15 is 0 Å². The Hall–Kier alpha value is -3.88. The lowest BCUT2D eigenvalue weighted by Gasteiger charge is -2.27. The van der Waals surface area contributed by atoms with Gasteiger partial charge in [-0.3, -0.25) is 14.8 Å². The molecule has 0 unspecified atom stereocenters. The number of sulfonamides is 1. The van der Waals surface area contributed by atoms with Crippen LogP contribution in [0, 0.1) is 29.1 Å². The van der Waals surface area contributed by atoms with Crippen LogP contribution < -0.4 is 10.4 Å². The van der Waals surface area contributed by atoms with E-state index in [0.29, 0.717) is 11.5 Å². The molecule has 0 heterocycles. The Morgan fingerprint density at radius 3 is 1.91 bits per heavy atom. The molecule has 0 saturated heterocycles. The molecule has 2 amide bonds. The number of hydrogen-bond donors (Lipinski definition) is 2. The Bertz CT molecular complexity index is 1580. The van der Waals surface area contributed by atoms with Gasteiger partial charge < -0.3 is 4.90 Å². The first kappa shape index (κ1) is 32.0. The summed E-state index contributed by atoms with van der Waals surface area (Å²) in [5, 5.41) is 8.88. The summed E-state index contributed by atoms with van der Waals surface area (Å²) >= 11 is 0. The van der Waals surface area contributed by atoms with Crippen LogP contribution in [-0.4, -0.2) is 43.3 Å². The van der Waals surface area contributed by atoms with E-state index in [1.165, 1.54) is 36.2 Å². The van der Waals surface area contributed by atoms with E-state index in [4.69, 9.17) is 5.21 Å². The zero-order valence-electron chi connectivity index (χ0n) is 22.9. The third kappa shape index (κ3) is 6.71. The van der Waals surface area contributed by atoms with Crippen molar-refractivity contribution in [1.82, 2.24) is 9.79 Å². The minimum atomic E-state index is -5.38. The highest BCUT2D eigenvalue weighted by Crippen LogP contribution is 2.33. The molecule has 4 rings (SSSR count). The predicted octanol–water partition coefficient (Wildman–Crippen LogP) is 5.40. The smallest absolute Gasteiger partial charge is 0.274 e. The van der Waals surface area contributed by atoms with E-state index in [2.05, 4.69) is 0 Å². The molecule has 2 N–H and O–H groups in total. The maximum atomic E-state index is 14.3. The summed E-state index contributed by atoms with van der Waals surface area (Å²) in [6, 6.07) is 12.8. The van der Waals surface area contributed by atoms with Crippen molar-refractivity contribution in [3.05, 3.63) is 94.3 Å². The molecule has 1 saturated carbocycles. The van der Waals surface area contributed by atoms with Gasteiger partial charge in [-0.25, -0.2) is 35.8 Å². The summed E-state index contributed by atoms with van der Waals surface area (Å²) in [5.74, 6) is -13.8. The van der Waals surface area contributed by atoms with Gasteiger partial charge in [0.25, 0.3) is 5.91 Å². The molecule has 0 bridgehead atoms. The van der Waals surface area contributed by atoms with E-state index in [9.17, 15) is 40.0 Å². The molecule has 1 aliphatic rings. The van der Waals surface area contributed by atoms with Gasteiger partial charge in [0.2, 0.25) is 21.7 Å². The average molecular weight is 626 g/mol. The van der Waals surface area contributed by atoms with E-state index in [1.54, 1.807) is 0 Å². The Balaban J connectivity index is 1.63. The number of rotatable bonds is 9. The van der Waals surface area contributed by atoms with Crippen molar-refractivity contribution in [3.63, 3.8) is 0 Å². The lowest BCUT2D eigenvalue weighted by Crippen LogP contribution is -2.41. The van der Waals surface area contributed by atoms with Crippen molar-refractivity contribution in [2.24, 2.45) is 0 Å². The highest BCUT2D eigenvalue weighted by molar-refractivity contribution is 7.89. The molecule has 43 heavy (non-hydrogen) atoms. The second kappa shape index (κ2) is 13.2. The summed E-state index contributed by atoms with van der Waals surface area (Å²) in [4.78, 5) is 24.3. The molecule has 0 radical (unpaired) electrons. The number of nitrogens with one attached hydrogen (secondary N) is 1. The van der Waals surface area contributed by atoms with E-state index in [-0.39, 0.29) is 22.1 Å². The SMILES string of the molecule is CN(CC(=O)N(Cc1ccc(C2CCCCC2)cc1)c1ccc(C(=O)NO)cc1)S(=O)(=O)c1c(F)c(F)c(F)c(F)c1F. The van der Waals surface area contributed by atoms with Crippen molar-refractivity contribution < 1.29 is 45.2 Å². The van der Waals surface area contributed by atoms with Crippen LogP contribution in [0.2, 0.25) is 0 Å². The monoisotopic (exact) mass is 625 g/mol. The van der Waals surface area contributed by atoms with E-state index in [1.807, 2.05) is 24.3 Å². The van der Waals surface area contributed by atoms with Crippen LogP contribution in [0.4, 0.5) is 27.6 Å². The lowest BCUT2D eigenvalue weighted by atomic mass is 9.84. The van der Waals surface area contributed by atoms with Gasteiger partial charge in [-0.1, -0.05) is 43.5 Å². The van der Waals surface area contributed by atoms with Crippen molar-refractivity contribution >= 4 is 27.5 Å². The fraction of sp³-hybridized carbons (Fsp3) is 0.310. The van der Waals surface area contributed by atoms with Crippen LogP contribution in [0.1, 0.15) is 59.5 Å².